The van der Waals surface area contributed by atoms with Crippen molar-refractivity contribution in [2.45, 2.75) is 6.54 Å². The van der Waals surface area contributed by atoms with Crippen molar-refractivity contribution < 1.29 is 18.0 Å². The van der Waals surface area contributed by atoms with Gasteiger partial charge in [0, 0.05) is 0 Å². The van der Waals surface area contributed by atoms with Crippen molar-refractivity contribution in [1.29, 1.82) is 0 Å². The summed E-state index contributed by atoms with van der Waals surface area (Å²) in [6, 6.07) is 6.70. The molecule has 1 N–H and O–H groups in total. The highest BCUT2D eigenvalue weighted by Crippen LogP contribution is 2.22. The molecule has 0 atom stereocenters. The van der Waals surface area contributed by atoms with Gasteiger partial charge in [0.15, 0.2) is 5.76 Å². The molecule has 23 heavy (non-hydrogen) atoms. The molecule has 0 saturated carbocycles. The lowest BCUT2D eigenvalue weighted by Crippen LogP contribution is -2.26. The van der Waals surface area contributed by atoms with Crippen LogP contribution < -0.4 is 11.1 Å². The Morgan fingerprint density at radius 3 is 2.91 bits per heavy atom. The molecule has 0 aliphatic carbocycles. The van der Waals surface area contributed by atoms with Crippen molar-refractivity contribution in [2.24, 2.45) is 0 Å². The number of carbonyl (C=O) groups excluding carboxylic acids is 1. The van der Waals surface area contributed by atoms with Gasteiger partial charge in [-0.15, -0.1) is 5.10 Å². The van der Waals surface area contributed by atoms with Gasteiger partial charge in [0.2, 0.25) is 5.91 Å². The lowest BCUT2D eigenvalue weighted by Gasteiger charge is -2.06. The van der Waals surface area contributed by atoms with Gasteiger partial charge in [-0.05, 0) is 30.3 Å². The third-order valence-electron chi connectivity index (χ3n) is 2.84. The molecular formula is C14H9ClFN3O4. The zero-order valence-corrected chi connectivity index (χ0v) is 12.2. The SMILES string of the molecule is O=C(Cn1nc(-c2ccco2)oc1=O)Nc1ccc(F)cc1Cl. The Kier molecular flexibility index (Phi) is 3.98. The number of anilines is 1. The van der Waals surface area contributed by atoms with E-state index in [0.29, 0.717) is 0 Å². The van der Waals surface area contributed by atoms with Crippen LogP contribution in [-0.4, -0.2) is 15.7 Å². The summed E-state index contributed by atoms with van der Waals surface area (Å²) in [4.78, 5) is 23.6. The van der Waals surface area contributed by atoms with Crippen molar-refractivity contribution in [2.75, 3.05) is 5.32 Å². The van der Waals surface area contributed by atoms with Crippen LogP contribution in [0.1, 0.15) is 0 Å². The predicted molar refractivity (Wildman–Crippen MR) is 78.5 cm³/mol. The molecule has 1 aromatic carbocycles. The summed E-state index contributed by atoms with van der Waals surface area (Å²) in [5.41, 5.74) is 0.223. The standard InChI is InChI=1S/C14H9ClFN3O4/c15-9-6-8(16)3-4-10(9)17-12(20)7-19-14(21)23-13(18-19)11-2-1-5-22-11/h1-6H,7H2,(H,17,20). The van der Waals surface area contributed by atoms with E-state index < -0.39 is 24.0 Å². The molecule has 0 saturated heterocycles. The monoisotopic (exact) mass is 337 g/mol. The van der Waals surface area contributed by atoms with E-state index in [1.165, 1.54) is 12.3 Å². The summed E-state index contributed by atoms with van der Waals surface area (Å²) < 4.78 is 23.7. The first-order chi connectivity index (χ1) is 11.0. The second-order valence-corrected chi connectivity index (χ2v) is 4.89. The van der Waals surface area contributed by atoms with E-state index in [0.717, 1.165) is 16.8 Å². The van der Waals surface area contributed by atoms with Crippen LogP contribution in [0.2, 0.25) is 5.02 Å². The first-order valence-electron chi connectivity index (χ1n) is 6.39. The molecule has 0 spiro atoms. The van der Waals surface area contributed by atoms with E-state index >= 15 is 0 Å². The van der Waals surface area contributed by atoms with E-state index in [9.17, 15) is 14.0 Å². The Morgan fingerprint density at radius 1 is 1.39 bits per heavy atom. The molecule has 7 nitrogen and oxygen atoms in total. The summed E-state index contributed by atoms with van der Waals surface area (Å²) >= 11 is 5.81. The fraction of sp³-hybridized carbons (Fsp3) is 0.0714. The van der Waals surface area contributed by atoms with Crippen LogP contribution in [0.3, 0.4) is 0 Å². The highest BCUT2D eigenvalue weighted by molar-refractivity contribution is 6.33. The summed E-state index contributed by atoms with van der Waals surface area (Å²) in [7, 11) is 0. The molecule has 0 aliphatic heterocycles. The fourth-order valence-corrected chi connectivity index (χ4v) is 2.04. The lowest BCUT2D eigenvalue weighted by molar-refractivity contribution is -0.117. The van der Waals surface area contributed by atoms with Gasteiger partial charge in [-0.1, -0.05) is 11.6 Å². The molecule has 0 bridgehead atoms. The summed E-state index contributed by atoms with van der Waals surface area (Å²) in [5.74, 6) is -1.67. The largest absolute Gasteiger partial charge is 0.459 e. The van der Waals surface area contributed by atoms with Gasteiger partial charge in [0.1, 0.15) is 12.4 Å². The first-order valence-corrected chi connectivity index (χ1v) is 6.77. The van der Waals surface area contributed by atoms with Crippen LogP contribution in [0.25, 0.3) is 11.7 Å². The molecular weight excluding hydrogens is 329 g/mol. The highest BCUT2D eigenvalue weighted by Gasteiger charge is 2.15. The Bertz CT molecular complexity index is 901. The van der Waals surface area contributed by atoms with Gasteiger partial charge in [0.25, 0.3) is 5.89 Å². The van der Waals surface area contributed by atoms with Gasteiger partial charge in [-0.2, -0.15) is 4.68 Å². The summed E-state index contributed by atoms with van der Waals surface area (Å²) in [6.07, 6.45) is 1.40. The number of carbonyl (C=O) groups is 1. The molecule has 0 aliphatic rings. The summed E-state index contributed by atoms with van der Waals surface area (Å²) in [5, 5.41) is 6.36. The molecule has 2 aromatic heterocycles. The summed E-state index contributed by atoms with van der Waals surface area (Å²) in [6.45, 7) is -0.392. The topological polar surface area (TPSA) is 90.3 Å². The third kappa shape index (κ3) is 3.32. The maximum atomic E-state index is 12.9. The quantitative estimate of drug-likeness (QED) is 0.790. The normalized spacial score (nSPS) is 10.7. The average molecular weight is 338 g/mol. The molecule has 118 valence electrons. The maximum Gasteiger partial charge on any atom is 0.437 e. The van der Waals surface area contributed by atoms with Gasteiger partial charge < -0.3 is 14.2 Å². The molecule has 3 aromatic rings. The molecule has 0 unspecified atom stereocenters. The predicted octanol–water partition coefficient (Wildman–Crippen LogP) is 2.53. The van der Waals surface area contributed by atoms with Crippen LogP contribution in [-0.2, 0) is 11.3 Å². The van der Waals surface area contributed by atoms with E-state index in [1.807, 2.05) is 0 Å². The van der Waals surface area contributed by atoms with Gasteiger partial charge in [-0.3, -0.25) is 4.79 Å². The smallest absolute Gasteiger partial charge is 0.437 e. The zero-order chi connectivity index (χ0) is 16.4. The molecule has 0 radical (unpaired) electrons. The van der Waals surface area contributed by atoms with Crippen molar-refractivity contribution in [3.8, 4) is 11.7 Å². The number of hydrogen-bond acceptors (Lipinski definition) is 5. The Balaban J connectivity index is 1.74. The molecule has 0 fully saturated rings. The van der Waals surface area contributed by atoms with Crippen LogP contribution in [0.15, 0.2) is 50.2 Å². The molecule has 3 rings (SSSR count). The minimum Gasteiger partial charge on any atom is -0.459 e. The maximum absolute atomic E-state index is 12.9. The van der Waals surface area contributed by atoms with Crippen molar-refractivity contribution in [3.63, 3.8) is 0 Å². The third-order valence-corrected chi connectivity index (χ3v) is 3.15. The van der Waals surface area contributed by atoms with Gasteiger partial charge >= 0.3 is 5.76 Å². The van der Waals surface area contributed by atoms with Crippen molar-refractivity contribution in [3.05, 3.63) is 58.0 Å². The minimum atomic E-state index is -0.809. The first kappa shape index (κ1) is 15.0. The Morgan fingerprint density at radius 2 is 2.22 bits per heavy atom. The van der Waals surface area contributed by atoms with Crippen LogP contribution in [0, 0.1) is 5.82 Å². The van der Waals surface area contributed by atoms with Gasteiger partial charge in [-0.25, -0.2) is 9.18 Å². The number of amides is 1. The van der Waals surface area contributed by atoms with Crippen LogP contribution >= 0.6 is 11.6 Å². The number of hydrogen-bond donors (Lipinski definition) is 1. The van der Waals surface area contributed by atoms with E-state index in [1.54, 1.807) is 12.1 Å². The van der Waals surface area contributed by atoms with Crippen LogP contribution in [0.4, 0.5) is 10.1 Å². The van der Waals surface area contributed by atoms with Crippen molar-refractivity contribution in [1.82, 2.24) is 9.78 Å². The number of nitrogens with one attached hydrogen (secondary N) is 1. The second-order valence-electron chi connectivity index (χ2n) is 4.48. The Labute approximate surface area is 133 Å². The Hall–Kier alpha value is -2.87. The average Bonchev–Trinajstić information content (AvgIpc) is 3.13. The molecule has 2 heterocycles. The zero-order valence-electron chi connectivity index (χ0n) is 11.5. The van der Waals surface area contributed by atoms with Crippen molar-refractivity contribution >= 4 is 23.2 Å². The number of benzene rings is 1. The van der Waals surface area contributed by atoms with E-state index in [4.69, 9.17) is 20.4 Å². The number of rotatable bonds is 4. The van der Waals surface area contributed by atoms with Gasteiger partial charge in [0.05, 0.1) is 17.0 Å². The highest BCUT2D eigenvalue weighted by atomic mass is 35.5. The van der Waals surface area contributed by atoms with E-state index in [2.05, 4.69) is 10.4 Å². The minimum absolute atomic E-state index is 0.0346. The number of aromatic nitrogens is 2. The lowest BCUT2D eigenvalue weighted by atomic mass is 10.3. The molecule has 9 heteroatoms. The van der Waals surface area contributed by atoms with E-state index in [-0.39, 0.29) is 22.4 Å². The second kappa shape index (κ2) is 6.09. The molecule has 1 amide bonds. The number of nitrogens with zero attached hydrogens (tertiary/aromatic N) is 2. The van der Waals surface area contributed by atoms with Crippen LogP contribution in [0.5, 0.6) is 0 Å². The number of halogens is 2. The fourth-order valence-electron chi connectivity index (χ4n) is 1.82. The number of furan rings is 1.